The molecule has 42 heavy (non-hydrogen) atoms. The molecule has 200 valence electrons. The molecular formula is C36H26N5O+. The maximum absolute atomic E-state index is 6.43. The lowest BCUT2D eigenvalue weighted by atomic mass is 10.0. The number of nitrogens with zero attached hydrogens (tertiary/aromatic N) is 5. The highest BCUT2D eigenvalue weighted by molar-refractivity contribution is 6.08. The molecule has 8 aromatic rings. The predicted molar refractivity (Wildman–Crippen MR) is 166 cm³/mol. The fraction of sp³-hybridized carbons (Fsp3) is 0.0556. The minimum atomic E-state index is 0.652. The Hall–Kier alpha value is -5.62. The lowest BCUT2D eigenvalue weighted by Gasteiger charge is -2.09. The Kier molecular flexibility index (Phi) is 5.47. The van der Waals surface area contributed by atoms with Crippen LogP contribution in [-0.4, -0.2) is 19.5 Å². The van der Waals surface area contributed by atoms with E-state index in [1.165, 1.54) is 0 Å². The van der Waals surface area contributed by atoms with Crippen LogP contribution in [0.3, 0.4) is 0 Å². The summed E-state index contributed by atoms with van der Waals surface area (Å²) in [5.74, 6) is 1.06. The fourth-order valence-corrected chi connectivity index (χ4v) is 5.99. The first-order valence-electron chi connectivity index (χ1n) is 13.9. The van der Waals surface area contributed by atoms with E-state index in [0.717, 1.165) is 72.4 Å². The van der Waals surface area contributed by atoms with Gasteiger partial charge in [-0.25, -0.2) is 9.55 Å². The van der Waals surface area contributed by atoms with Crippen molar-refractivity contribution < 1.29 is 8.98 Å². The van der Waals surface area contributed by atoms with Gasteiger partial charge in [-0.05, 0) is 60.0 Å². The van der Waals surface area contributed by atoms with Gasteiger partial charge in [-0.1, -0.05) is 60.7 Å². The summed E-state index contributed by atoms with van der Waals surface area (Å²) < 4.78 is 11.0. The van der Waals surface area contributed by atoms with E-state index in [-0.39, 0.29) is 0 Å². The fourth-order valence-electron chi connectivity index (χ4n) is 5.99. The van der Waals surface area contributed by atoms with Crippen LogP contribution in [0.25, 0.3) is 72.6 Å². The number of para-hydroxylation sites is 2. The molecule has 0 spiro atoms. The Morgan fingerprint density at radius 2 is 1.45 bits per heavy atom. The first-order chi connectivity index (χ1) is 20.7. The molecule has 0 radical (unpaired) electrons. The van der Waals surface area contributed by atoms with Crippen molar-refractivity contribution in [3.63, 3.8) is 0 Å². The van der Waals surface area contributed by atoms with E-state index < -0.39 is 0 Å². The zero-order chi connectivity index (χ0) is 28.2. The Bertz CT molecular complexity index is 2250. The van der Waals surface area contributed by atoms with Gasteiger partial charge in [0, 0.05) is 34.9 Å². The van der Waals surface area contributed by atoms with Gasteiger partial charge in [0.2, 0.25) is 5.71 Å². The second-order valence-electron chi connectivity index (χ2n) is 10.5. The minimum Gasteiger partial charge on any atom is -0.437 e. The van der Waals surface area contributed by atoms with E-state index in [1.807, 2.05) is 6.07 Å². The molecule has 4 heterocycles. The number of aromatic nitrogens is 5. The van der Waals surface area contributed by atoms with Crippen LogP contribution < -0.4 is 4.57 Å². The van der Waals surface area contributed by atoms with Crippen LogP contribution in [-0.2, 0) is 7.05 Å². The Balaban J connectivity index is 1.29. The molecule has 0 aliphatic rings. The van der Waals surface area contributed by atoms with Crippen LogP contribution in [0.2, 0.25) is 0 Å². The van der Waals surface area contributed by atoms with Crippen molar-refractivity contribution in [2.24, 2.45) is 7.05 Å². The minimum absolute atomic E-state index is 0.652. The van der Waals surface area contributed by atoms with Crippen LogP contribution in [0.5, 0.6) is 0 Å². The molecule has 6 nitrogen and oxygen atoms in total. The zero-order valence-electron chi connectivity index (χ0n) is 23.2. The van der Waals surface area contributed by atoms with Gasteiger partial charge < -0.3 is 4.42 Å². The van der Waals surface area contributed by atoms with Crippen LogP contribution in [0.4, 0.5) is 0 Å². The standard InChI is InChI=1S/C36H26N5O/c1-23-9-18-28-29-6-5-19-39-35(29)42-34(28)33(23)36-40(2)31-7-3-4-8-32(31)41(36)27-16-14-25(15-17-27)24-10-12-26(13-11-24)30-22-37-20-21-38-30/h3-22H,1-2H3/q+1. The smallest absolute Gasteiger partial charge is 0.298 e. The van der Waals surface area contributed by atoms with E-state index in [2.05, 4.69) is 129 Å². The van der Waals surface area contributed by atoms with Gasteiger partial charge in [0.05, 0.1) is 18.9 Å². The van der Waals surface area contributed by atoms with Crippen molar-refractivity contribution in [2.75, 3.05) is 0 Å². The first kappa shape index (κ1) is 24.2. The molecule has 0 aliphatic heterocycles. The normalized spacial score (nSPS) is 11.6. The van der Waals surface area contributed by atoms with Crippen molar-refractivity contribution in [3.8, 4) is 39.5 Å². The van der Waals surface area contributed by atoms with E-state index in [0.29, 0.717) is 5.71 Å². The first-order valence-corrected chi connectivity index (χ1v) is 13.9. The second-order valence-corrected chi connectivity index (χ2v) is 10.5. The molecule has 0 amide bonds. The third-order valence-corrected chi connectivity index (χ3v) is 8.07. The van der Waals surface area contributed by atoms with Gasteiger partial charge in [0.15, 0.2) is 16.6 Å². The molecule has 0 aliphatic carbocycles. The summed E-state index contributed by atoms with van der Waals surface area (Å²) in [6.45, 7) is 2.14. The third-order valence-electron chi connectivity index (χ3n) is 8.07. The molecule has 6 heteroatoms. The quantitative estimate of drug-likeness (QED) is 0.212. The van der Waals surface area contributed by atoms with Crippen LogP contribution >= 0.6 is 0 Å². The molecular weight excluding hydrogens is 518 g/mol. The van der Waals surface area contributed by atoms with Gasteiger partial charge in [-0.15, -0.1) is 0 Å². The van der Waals surface area contributed by atoms with Crippen LogP contribution in [0.15, 0.2) is 126 Å². The lowest BCUT2D eigenvalue weighted by molar-refractivity contribution is -0.633. The van der Waals surface area contributed by atoms with Gasteiger partial charge in [0.1, 0.15) is 11.3 Å². The van der Waals surface area contributed by atoms with Gasteiger partial charge in [0.25, 0.3) is 5.82 Å². The maximum Gasteiger partial charge on any atom is 0.298 e. The van der Waals surface area contributed by atoms with Crippen molar-refractivity contribution >= 4 is 33.1 Å². The monoisotopic (exact) mass is 544 g/mol. The summed E-state index contributed by atoms with van der Waals surface area (Å²) >= 11 is 0. The van der Waals surface area contributed by atoms with Gasteiger partial charge >= 0.3 is 0 Å². The topological polar surface area (TPSA) is 60.6 Å². The highest BCUT2D eigenvalue weighted by Gasteiger charge is 2.30. The molecule has 0 saturated heterocycles. The lowest BCUT2D eigenvalue weighted by Crippen LogP contribution is -2.30. The molecule has 0 fully saturated rings. The van der Waals surface area contributed by atoms with E-state index >= 15 is 0 Å². The average Bonchev–Trinajstić information content (AvgIpc) is 3.57. The molecule has 0 N–H and O–H groups in total. The number of rotatable bonds is 4. The number of benzene rings is 4. The number of pyridine rings is 1. The van der Waals surface area contributed by atoms with Gasteiger partial charge in [-0.2, -0.15) is 4.57 Å². The Labute approximate surface area is 242 Å². The summed E-state index contributed by atoms with van der Waals surface area (Å²) in [7, 11) is 2.13. The molecule has 4 aromatic heterocycles. The molecule has 0 saturated carbocycles. The van der Waals surface area contributed by atoms with Crippen LogP contribution in [0, 0.1) is 6.92 Å². The zero-order valence-corrected chi connectivity index (χ0v) is 23.2. The number of hydrogen-bond donors (Lipinski definition) is 0. The number of hydrogen-bond acceptors (Lipinski definition) is 4. The summed E-state index contributed by atoms with van der Waals surface area (Å²) in [6.07, 6.45) is 6.97. The highest BCUT2D eigenvalue weighted by atomic mass is 16.3. The molecule has 0 bridgehead atoms. The number of furan rings is 1. The molecule has 4 aromatic carbocycles. The van der Waals surface area contributed by atoms with Crippen molar-refractivity contribution in [2.45, 2.75) is 6.92 Å². The number of imidazole rings is 1. The third kappa shape index (κ3) is 3.73. The van der Waals surface area contributed by atoms with E-state index in [4.69, 9.17) is 4.42 Å². The van der Waals surface area contributed by atoms with E-state index in [1.54, 1.807) is 24.8 Å². The summed E-state index contributed by atoms with van der Waals surface area (Å²) in [5, 5.41) is 2.09. The Morgan fingerprint density at radius 3 is 2.24 bits per heavy atom. The average molecular weight is 545 g/mol. The molecule has 0 atom stereocenters. The van der Waals surface area contributed by atoms with E-state index in [9.17, 15) is 0 Å². The number of aryl methyl sites for hydroxylation is 2. The summed E-state index contributed by atoms with van der Waals surface area (Å²) in [4.78, 5) is 13.1. The largest absolute Gasteiger partial charge is 0.437 e. The molecule has 0 unspecified atom stereocenters. The van der Waals surface area contributed by atoms with Crippen molar-refractivity contribution in [1.82, 2.24) is 19.5 Å². The second kappa shape index (κ2) is 9.49. The van der Waals surface area contributed by atoms with Crippen molar-refractivity contribution in [1.29, 1.82) is 0 Å². The highest BCUT2D eigenvalue weighted by Crippen LogP contribution is 2.38. The SMILES string of the molecule is Cc1ccc2c(oc3ncccc32)c1-c1n(-c2ccc(-c3ccc(-c4cnccn4)cc3)cc2)c2ccccc2[n+]1C. The maximum atomic E-state index is 6.43. The summed E-state index contributed by atoms with van der Waals surface area (Å²) in [5.41, 5.74) is 11.3. The van der Waals surface area contributed by atoms with Gasteiger partial charge in [-0.3, -0.25) is 9.97 Å². The summed E-state index contributed by atoms with van der Waals surface area (Å²) in [6, 6.07) is 34.1. The molecule has 8 rings (SSSR count). The predicted octanol–water partition coefficient (Wildman–Crippen LogP) is 7.85. The van der Waals surface area contributed by atoms with Crippen molar-refractivity contribution in [3.05, 3.63) is 127 Å². The van der Waals surface area contributed by atoms with Crippen LogP contribution in [0.1, 0.15) is 5.56 Å². The Morgan fingerprint density at radius 1 is 0.690 bits per heavy atom. The number of fused-ring (bicyclic) bond motifs is 4.